The monoisotopic (exact) mass is 492 g/mol. The molecule has 3 aliphatic rings. The fourth-order valence-electron chi connectivity index (χ4n) is 3.37. The maximum absolute atomic E-state index is 11.4. The highest BCUT2D eigenvalue weighted by atomic mass is 16.9. The van der Waals surface area contributed by atoms with Crippen molar-refractivity contribution in [2.45, 2.75) is 19.8 Å². The van der Waals surface area contributed by atoms with Gasteiger partial charge in [-0.3, -0.25) is 4.79 Å². The predicted molar refractivity (Wildman–Crippen MR) is 126 cm³/mol. The molecule has 3 heterocycles. The Bertz CT molecular complexity index is 820. The van der Waals surface area contributed by atoms with E-state index in [-0.39, 0.29) is 11.2 Å². The van der Waals surface area contributed by atoms with Crippen LogP contribution in [-0.4, -0.2) is 97.6 Å². The van der Waals surface area contributed by atoms with Crippen molar-refractivity contribution in [2.75, 3.05) is 85.9 Å². The van der Waals surface area contributed by atoms with Crippen LogP contribution in [0.15, 0.2) is 24.3 Å². The molecule has 0 aliphatic carbocycles. The zero-order valence-electron chi connectivity index (χ0n) is 20.7. The number of ketones is 1. The molecule has 3 saturated heterocycles. The molecule has 1 aromatic rings. The van der Waals surface area contributed by atoms with Gasteiger partial charge in [0.15, 0.2) is 5.78 Å². The van der Waals surface area contributed by atoms with Crippen LogP contribution in [0.25, 0.3) is 0 Å². The van der Waals surface area contributed by atoms with Gasteiger partial charge in [-0.15, -0.1) is 0 Å². The highest BCUT2D eigenvalue weighted by molar-refractivity contribution is 5.94. The third-order valence-electron chi connectivity index (χ3n) is 5.49. The Labute approximate surface area is 207 Å². The van der Waals surface area contributed by atoms with Gasteiger partial charge in [0.2, 0.25) is 0 Å². The van der Waals surface area contributed by atoms with E-state index in [1.54, 1.807) is 19.1 Å². The topological polar surface area (TPSA) is 90.9 Å². The molecule has 1 aromatic carbocycles. The van der Waals surface area contributed by atoms with Crippen LogP contribution >= 0.6 is 0 Å². The zero-order chi connectivity index (χ0) is 24.8. The van der Waals surface area contributed by atoms with Crippen molar-refractivity contribution >= 4 is 5.78 Å². The molecule has 0 spiro atoms. The van der Waals surface area contributed by atoms with Gasteiger partial charge in [0.1, 0.15) is 6.61 Å². The highest BCUT2D eigenvalue weighted by Gasteiger charge is 2.50. The molecule has 0 N–H and O–H groups in total. The van der Waals surface area contributed by atoms with Crippen LogP contribution in [-0.2, 0) is 37.9 Å². The molecule has 0 atom stereocenters. The number of hydrogen-bond acceptors (Lipinski definition) is 9. The van der Waals surface area contributed by atoms with Crippen molar-refractivity contribution in [3.63, 3.8) is 0 Å². The lowest BCUT2D eigenvalue weighted by Crippen LogP contribution is -2.60. The lowest BCUT2D eigenvalue weighted by Gasteiger charge is -2.50. The summed E-state index contributed by atoms with van der Waals surface area (Å²) in [6.45, 7) is 9.80. The summed E-state index contributed by atoms with van der Waals surface area (Å²) in [4.78, 5) is 11.4. The summed E-state index contributed by atoms with van der Waals surface area (Å²) >= 11 is 0. The average molecular weight is 493 g/mol. The van der Waals surface area contributed by atoms with E-state index in [4.69, 9.17) is 37.9 Å². The van der Waals surface area contributed by atoms with Crippen LogP contribution in [0, 0.1) is 17.3 Å². The molecular weight excluding hydrogens is 456 g/mol. The molecule has 9 heteroatoms. The minimum absolute atomic E-state index is 0.0256. The Hall–Kier alpha value is -1.87. The number of Topliss-reactive ketones (excluding diaryl/α,β-unsaturated/α-hetero) is 1. The summed E-state index contributed by atoms with van der Waals surface area (Å²) in [7, 11) is 0. The quantitative estimate of drug-likeness (QED) is 0.195. The Morgan fingerprint density at radius 3 is 1.97 bits per heavy atom. The second-order valence-corrected chi connectivity index (χ2v) is 8.61. The van der Waals surface area contributed by atoms with Gasteiger partial charge in [0.25, 0.3) is 5.97 Å². The second-order valence-electron chi connectivity index (χ2n) is 8.61. The molecule has 2 bridgehead atoms. The molecule has 0 aromatic heterocycles. The van der Waals surface area contributed by atoms with Gasteiger partial charge in [-0.05, 0) is 19.1 Å². The highest BCUT2D eigenvalue weighted by Crippen LogP contribution is 2.38. The molecule has 3 aliphatic heterocycles. The van der Waals surface area contributed by atoms with Gasteiger partial charge in [-0.1, -0.05) is 24.0 Å². The molecule has 3 fully saturated rings. The number of rotatable bonds is 16. The van der Waals surface area contributed by atoms with E-state index in [0.717, 1.165) is 5.56 Å². The Morgan fingerprint density at radius 2 is 1.40 bits per heavy atom. The van der Waals surface area contributed by atoms with Crippen LogP contribution in [0.3, 0.4) is 0 Å². The van der Waals surface area contributed by atoms with E-state index in [9.17, 15) is 4.79 Å². The van der Waals surface area contributed by atoms with Crippen molar-refractivity contribution in [1.82, 2.24) is 0 Å². The number of ether oxygens (including phenoxy) is 8. The van der Waals surface area contributed by atoms with Crippen molar-refractivity contribution in [1.29, 1.82) is 0 Å². The zero-order valence-corrected chi connectivity index (χ0v) is 20.7. The van der Waals surface area contributed by atoms with Crippen molar-refractivity contribution in [3.8, 4) is 11.8 Å². The third-order valence-corrected chi connectivity index (χ3v) is 5.49. The van der Waals surface area contributed by atoms with Gasteiger partial charge in [-0.25, -0.2) is 0 Å². The molecule has 0 amide bonds. The molecule has 35 heavy (non-hydrogen) atoms. The van der Waals surface area contributed by atoms with E-state index < -0.39 is 5.97 Å². The fraction of sp³-hybridized carbons (Fsp3) is 0.654. The van der Waals surface area contributed by atoms with E-state index in [1.807, 2.05) is 12.1 Å². The largest absolute Gasteiger partial charge is 0.378 e. The first kappa shape index (κ1) is 27.7. The van der Waals surface area contributed by atoms with Crippen molar-refractivity contribution in [3.05, 3.63) is 35.4 Å². The number of fused-ring (bicyclic) bond motifs is 3. The Balaban J connectivity index is 1.06. The first-order valence-corrected chi connectivity index (χ1v) is 11.9. The number of carbonyl (C=O) groups excluding carboxylic acids is 1. The van der Waals surface area contributed by atoms with Crippen LogP contribution in [0.5, 0.6) is 0 Å². The molecule has 4 rings (SSSR count). The average Bonchev–Trinajstić information content (AvgIpc) is 2.87. The van der Waals surface area contributed by atoms with E-state index in [1.165, 1.54) is 6.92 Å². The van der Waals surface area contributed by atoms with Crippen LogP contribution < -0.4 is 0 Å². The van der Waals surface area contributed by atoms with Crippen molar-refractivity contribution < 1.29 is 42.7 Å². The standard InChI is InChI=1S/C26H36O9/c1-22(27)24-7-3-5-23(17-24)6-4-8-28-9-10-29-11-12-30-13-14-31-15-16-32-18-26-19-33-25(2,34-20-26)35-21-26/h3,5,7,17H,8-16,18-21H2,1-2H3. The van der Waals surface area contributed by atoms with Gasteiger partial charge in [-0.2, -0.15) is 0 Å². The first-order valence-electron chi connectivity index (χ1n) is 11.9. The van der Waals surface area contributed by atoms with Crippen LogP contribution in [0.2, 0.25) is 0 Å². The lowest BCUT2D eigenvalue weighted by atomic mass is 9.90. The third kappa shape index (κ3) is 9.95. The van der Waals surface area contributed by atoms with Gasteiger partial charge < -0.3 is 37.9 Å². The predicted octanol–water partition coefficient (Wildman–Crippen LogP) is 2.06. The number of carbonyl (C=O) groups is 1. The maximum atomic E-state index is 11.4. The SMILES string of the molecule is CC(=O)c1cccc(C#CCOCCOCCOCCOCCOCC23COC(C)(OC2)OC3)c1. The molecular formula is C26H36O9. The summed E-state index contributed by atoms with van der Waals surface area (Å²) in [5, 5.41) is 0. The summed E-state index contributed by atoms with van der Waals surface area (Å²) in [5.74, 6) is 5.06. The normalized spacial score (nSPS) is 23.1. The summed E-state index contributed by atoms with van der Waals surface area (Å²) in [6, 6.07) is 7.24. The van der Waals surface area contributed by atoms with Crippen molar-refractivity contribution in [2.24, 2.45) is 5.41 Å². The van der Waals surface area contributed by atoms with Crippen LogP contribution in [0.1, 0.15) is 29.8 Å². The van der Waals surface area contributed by atoms with E-state index in [2.05, 4.69) is 11.8 Å². The molecule has 0 saturated carbocycles. The summed E-state index contributed by atoms with van der Waals surface area (Å²) in [6.07, 6.45) is 0. The van der Waals surface area contributed by atoms with Gasteiger partial charge in [0, 0.05) is 18.1 Å². The molecule has 9 nitrogen and oxygen atoms in total. The van der Waals surface area contributed by atoms with Gasteiger partial charge in [0.05, 0.1) is 84.7 Å². The van der Waals surface area contributed by atoms with Crippen LogP contribution in [0.4, 0.5) is 0 Å². The fourth-order valence-corrected chi connectivity index (χ4v) is 3.37. The first-order chi connectivity index (χ1) is 17.0. The Morgan fingerprint density at radius 1 is 0.857 bits per heavy atom. The molecule has 0 radical (unpaired) electrons. The minimum Gasteiger partial charge on any atom is -0.378 e. The van der Waals surface area contributed by atoms with E-state index >= 15 is 0 Å². The smallest absolute Gasteiger partial charge is 0.279 e. The number of hydrogen-bond donors (Lipinski definition) is 0. The van der Waals surface area contributed by atoms with Gasteiger partial charge >= 0.3 is 0 Å². The number of benzene rings is 1. The Kier molecular flexibility index (Phi) is 11.6. The van der Waals surface area contributed by atoms with E-state index in [0.29, 0.717) is 91.5 Å². The minimum atomic E-state index is -0.883. The summed E-state index contributed by atoms with van der Waals surface area (Å²) < 4.78 is 44.3. The summed E-state index contributed by atoms with van der Waals surface area (Å²) in [5.41, 5.74) is 1.23. The molecule has 0 unspecified atom stereocenters. The second kappa shape index (κ2) is 14.6. The lowest BCUT2D eigenvalue weighted by molar-refractivity contribution is -0.462. The maximum Gasteiger partial charge on any atom is 0.279 e. The molecule has 194 valence electrons.